The van der Waals surface area contributed by atoms with Gasteiger partial charge in [-0.3, -0.25) is 0 Å². The van der Waals surface area contributed by atoms with Gasteiger partial charge >= 0.3 is 17.9 Å². The number of aliphatic hydroxyl groups excluding tert-OH is 1. The minimum absolute atomic E-state index is 0.124. The molecule has 2 atom stereocenters. The summed E-state index contributed by atoms with van der Waals surface area (Å²) in [5, 5.41) is 10.0. The highest BCUT2D eigenvalue weighted by Gasteiger charge is 2.39. The predicted molar refractivity (Wildman–Crippen MR) is 106 cm³/mol. The summed E-state index contributed by atoms with van der Waals surface area (Å²) in [6.45, 7) is 0.971. The molecule has 1 saturated heterocycles. The molecule has 1 unspecified atom stereocenters. The van der Waals surface area contributed by atoms with E-state index < -0.39 is 24.0 Å². The maximum Gasteiger partial charge on any atom is 0.331 e. The van der Waals surface area contributed by atoms with Gasteiger partial charge in [-0.15, -0.1) is 0 Å². The average molecular weight is 426 g/mol. The molecule has 0 aliphatic carbocycles. The van der Waals surface area contributed by atoms with Gasteiger partial charge in [0.1, 0.15) is 12.7 Å². The van der Waals surface area contributed by atoms with Crippen molar-refractivity contribution in [2.75, 3.05) is 40.5 Å². The average Bonchev–Trinajstić information content (AvgIpc) is 3.02. The molecule has 1 aliphatic heterocycles. The Bertz CT molecular complexity index is 729. The first-order valence-electron chi connectivity index (χ1n) is 9.73. The number of unbranched alkanes of at least 4 members (excludes halogenated alkanes) is 1. The van der Waals surface area contributed by atoms with Gasteiger partial charge in [-0.05, 0) is 12.8 Å². The van der Waals surface area contributed by atoms with E-state index in [2.05, 4.69) is 4.74 Å². The van der Waals surface area contributed by atoms with Crippen molar-refractivity contribution < 1.29 is 33.0 Å². The number of halogens is 2. The van der Waals surface area contributed by atoms with E-state index in [9.17, 15) is 23.5 Å². The third-order valence-corrected chi connectivity index (χ3v) is 4.86. The number of likely N-dealkylation sites (N-methyl/N-ethyl adjacent to an activating group) is 1. The molecule has 1 aliphatic rings. The molecule has 1 fully saturated rings. The van der Waals surface area contributed by atoms with Crippen LogP contribution in [0.4, 0.5) is 13.6 Å². The minimum Gasteiger partial charge on any atom is -0.467 e. The summed E-state index contributed by atoms with van der Waals surface area (Å²) in [5.41, 5.74) is -0.273. The summed E-state index contributed by atoms with van der Waals surface area (Å²) in [6.07, 6.45) is 1.74. The number of alkyl halides is 2. The fourth-order valence-corrected chi connectivity index (χ4v) is 3.13. The Kier molecular flexibility index (Phi) is 8.73. The summed E-state index contributed by atoms with van der Waals surface area (Å²) in [7, 11) is 2.92. The number of methoxy groups -OCH3 is 1. The van der Waals surface area contributed by atoms with E-state index >= 15 is 0 Å². The van der Waals surface area contributed by atoms with E-state index in [0.29, 0.717) is 32.5 Å². The van der Waals surface area contributed by atoms with Gasteiger partial charge < -0.3 is 24.4 Å². The number of esters is 1. The third-order valence-electron chi connectivity index (χ3n) is 4.86. The molecule has 2 amide bonds. The molecule has 1 aromatic carbocycles. The number of rotatable bonds is 11. The highest BCUT2D eigenvalue weighted by atomic mass is 19.3. The van der Waals surface area contributed by atoms with Crippen molar-refractivity contribution in [1.82, 2.24) is 9.80 Å². The number of nitrogens with zero attached hydrogens (tertiary/aromatic N) is 2. The van der Waals surface area contributed by atoms with Crippen LogP contribution in [0.1, 0.15) is 18.4 Å². The van der Waals surface area contributed by atoms with Crippen molar-refractivity contribution in [1.29, 1.82) is 0 Å². The normalized spacial score (nSPS) is 18.3. The summed E-state index contributed by atoms with van der Waals surface area (Å²) in [4.78, 5) is 26.4. The summed E-state index contributed by atoms with van der Waals surface area (Å²) in [5.74, 6) is -3.89. The number of ether oxygens (including phenoxy) is 2. The molecule has 166 valence electrons. The summed E-state index contributed by atoms with van der Waals surface area (Å²) < 4.78 is 38.5. The number of hydrogen-bond acceptors (Lipinski definition) is 5. The van der Waals surface area contributed by atoms with Crippen molar-refractivity contribution in [2.24, 2.45) is 0 Å². The molecule has 30 heavy (non-hydrogen) atoms. The van der Waals surface area contributed by atoms with E-state index in [1.54, 1.807) is 18.0 Å². The highest BCUT2D eigenvalue weighted by Crippen LogP contribution is 2.32. The molecule has 1 N–H and O–H groups in total. The van der Waals surface area contributed by atoms with Crippen LogP contribution >= 0.6 is 0 Å². The fraction of sp³-hybridized carbons (Fsp3) is 0.524. The standard InChI is InChI=1S/C21H28F2N2O5/c1-24-14-17(10-11-18(26)21(22,23)16-8-4-3-5-9-16)25(20(24)28)12-6-7-13-30-15-19(27)29-2/h3-5,8-11,17-18,26H,6-7,12-15H2,1-2H3/b11-10+/t17-,18?/m0/s1. The lowest BCUT2D eigenvalue weighted by Gasteiger charge is -2.23. The Morgan fingerprint density at radius 2 is 2.03 bits per heavy atom. The molecular formula is C21H28F2N2O5. The second kappa shape index (κ2) is 11.0. The van der Waals surface area contributed by atoms with E-state index in [0.717, 1.165) is 6.08 Å². The van der Waals surface area contributed by atoms with E-state index in [4.69, 9.17) is 4.74 Å². The number of aliphatic hydroxyl groups is 1. The van der Waals surface area contributed by atoms with Crippen LogP contribution in [0.5, 0.6) is 0 Å². The van der Waals surface area contributed by atoms with Crippen molar-refractivity contribution in [3.05, 3.63) is 48.0 Å². The number of carbonyl (C=O) groups excluding carboxylic acids is 2. The van der Waals surface area contributed by atoms with Gasteiger partial charge in [-0.25, -0.2) is 9.59 Å². The lowest BCUT2D eigenvalue weighted by atomic mass is 10.0. The fourth-order valence-electron chi connectivity index (χ4n) is 3.13. The van der Waals surface area contributed by atoms with Gasteiger partial charge in [-0.2, -0.15) is 8.78 Å². The molecular weight excluding hydrogens is 398 g/mol. The molecule has 0 saturated carbocycles. The van der Waals surface area contributed by atoms with E-state index in [1.165, 1.54) is 42.4 Å². The summed E-state index contributed by atoms with van der Waals surface area (Å²) in [6, 6.07) is 6.50. The second-order valence-electron chi connectivity index (χ2n) is 7.08. The molecule has 1 heterocycles. The Hall–Kier alpha value is -2.52. The topological polar surface area (TPSA) is 79.3 Å². The van der Waals surface area contributed by atoms with Gasteiger partial charge in [0.2, 0.25) is 0 Å². The number of amides is 2. The van der Waals surface area contributed by atoms with Crippen molar-refractivity contribution in [2.45, 2.75) is 30.9 Å². The maximum atomic E-state index is 14.4. The zero-order valence-electron chi connectivity index (χ0n) is 17.2. The van der Waals surface area contributed by atoms with Gasteiger partial charge in [0.15, 0.2) is 0 Å². The Morgan fingerprint density at radius 1 is 1.33 bits per heavy atom. The van der Waals surface area contributed by atoms with Gasteiger partial charge in [0, 0.05) is 32.3 Å². The number of carbonyl (C=O) groups is 2. The molecule has 0 spiro atoms. The van der Waals surface area contributed by atoms with E-state index in [1.807, 2.05) is 0 Å². The van der Waals surface area contributed by atoms with Gasteiger partial charge in [0.05, 0.1) is 13.2 Å². The van der Waals surface area contributed by atoms with Crippen molar-refractivity contribution in [3.8, 4) is 0 Å². The highest BCUT2D eigenvalue weighted by molar-refractivity contribution is 5.77. The predicted octanol–water partition coefficient (Wildman–Crippen LogP) is 2.40. The maximum absolute atomic E-state index is 14.4. The quantitative estimate of drug-likeness (QED) is 0.334. The van der Waals surface area contributed by atoms with Crippen LogP contribution in [0.25, 0.3) is 0 Å². The van der Waals surface area contributed by atoms with Crippen LogP contribution in [0.15, 0.2) is 42.5 Å². The SMILES string of the molecule is COC(=O)COCCCCN1C(=O)N(C)C[C@@H]1/C=C/C(O)C(F)(F)c1ccccc1. The van der Waals surface area contributed by atoms with Crippen molar-refractivity contribution in [3.63, 3.8) is 0 Å². The minimum atomic E-state index is -3.44. The Labute approximate surface area is 174 Å². The molecule has 2 rings (SSSR count). The third kappa shape index (κ3) is 6.24. The smallest absolute Gasteiger partial charge is 0.331 e. The lowest BCUT2D eigenvalue weighted by molar-refractivity contribution is -0.145. The first kappa shape index (κ1) is 23.8. The molecule has 9 heteroatoms. The second-order valence-corrected chi connectivity index (χ2v) is 7.08. The molecule has 7 nitrogen and oxygen atoms in total. The van der Waals surface area contributed by atoms with Gasteiger partial charge in [0.25, 0.3) is 0 Å². The monoisotopic (exact) mass is 426 g/mol. The molecule has 0 bridgehead atoms. The number of urea groups is 1. The van der Waals surface area contributed by atoms with Crippen LogP contribution in [0.2, 0.25) is 0 Å². The van der Waals surface area contributed by atoms with Crippen LogP contribution in [-0.4, -0.2) is 79.5 Å². The molecule has 0 aromatic heterocycles. The van der Waals surface area contributed by atoms with Crippen LogP contribution in [0, 0.1) is 0 Å². The first-order chi connectivity index (χ1) is 14.3. The van der Waals surface area contributed by atoms with Crippen LogP contribution in [0.3, 0.4) is 0 Å². The largest absolute Gasteiger partial charge is 0.467 e. The van der Waals surface area contributed by atoms with Crippen LogP contribution in [-0.2, 0) is 20.2 Å². The van der Waals surface area contributed by atoms with Crippen molar-refractivity contribution >= 4 is 12.0 Å². The molecule has 1 aromatic rings. The first-order valence-corrected chi connectivity index (χ1v) is 9.73. The van der Waals surface area contributed by atoms with E-state index in [-0.39, 0.29) is 18.2 Å². The van der Waals surface area contributed by atoms with Gasteiger partial charge in [-0.1, -0.05) is 42.5 Å². The number of benzene rings is 1. The Balaban J connectivity index is 1.89. The zero-order valence-corrected chi connectivity index (χ0v) is 17.2. The lowest BCUT2D eigenvalue weighted by Crippen LogP contribution is -2.35. The zero-order chi connectivity index (χ0) is 22.1. The number of hydrogen-bond donors (Lipinski definition) is 1. The molecule has 0 radical (unpaired) electrons. The van der Waals surface area contributed by atoms with Crippen LogP contribution < -0.4 is 0 Å². The summed E-state index contributed by atoms with van der Waals surface area (Å²) >= 11 is 0. The Morgan fingerprint density at radius 3 is 2.70 bits per heavy atom.